The molecule has 18 heavy (non-hydrogen) atoms. The summed E-state index contributed by atoms with van der Waals surface area (Å²) in [5.41, 5.74) is 2.83. The SMILES string of the molecule is O=C(C[NH+]1Cc2ccccc2C1)N1CCCCC1. The van der Waals surface area contributed by atoms with Crippen LogP contribution in [0.15, 0.2) is 24.3 Å². The van der Waals surface area contributed by atoms with Crippen molar-refractivity contribution in [2.24, 2.45) is 0 Å². The fourth-order valence-electron chi connectivity index (χ4n) is 3.10. The van der Waals surface area contributed by atoms with E-state index in [2.05, 4.69) is 29.2 Å². The van der Waals surface area contributed by atoms with Gasteiger partial charge in [-0.3, -0.25) is 4.79 Å². The van der Waals surface area contributed by atoms with Gasteiger partial charge in [-0.15, -0.1) is 0 Å². The first-order valence-corrected chi connectivity index (χ1v) is 7.01. The quantitative estimate of drug-likeness (QED) is 0.811. The highest BCUT2D eigenvalue weighted by molar-refractivity contribution is 5.77. The van der Waals surface area contributed by atoms with Crippen LogP contribution in [-0.2, 0) is 17.9 Å². The Morgan fingerprint density at radius 3 is 2.28 bits per heavy atom. The first-order chi connectivity index (χ1) is 8.83. The molecule has 1 fully saturated rings. The van der Waals surface area contributed by atoms with Crippen molar-refractivity contribution in [3.8, 4) is 0 Å². The van der Waals surface area contributed by atoms with Gasteiger partial charge in [-0.2, -0.15) is 0 Å². The Bertz CT molecular complexity index is 413. The maximum absolute atomic E-state index is 12.2. The molecule has 1 N–H and O–H groups in total. The number of carbonyl (C=O) groups is 1. The van der Waals surface area contributed by atoms with Gasteiger partial charge >= 0.3 is 0 Å². The lowest BCUT2D eigenvalue weighted by Crippen LogP contribution is -3.09. The number of quaternary nitrogens is 1. The van der Waals surface area contributed by atoms with Crippen LogP contribution in [0.5, 0.6) is 0 Å². The number of hydrogen-bond donors (Lipinski definition) is 1. The van der Waals surface area contributed by atoms with Crippen LogP contribution in [0.2, 0.25) is 0 Å². The molecule has 0 aliphatic carbocycles. The fourth-order valence-corrected chi connectivity index (χ4v) is 3.10. The normalized spacial score (nSPS) is 19.9. The Morgan fingerprint density at radius 2 is 1.67 bits per heavy atom. The molecule has 3 rings (SSSR count). The Morgan fingerprint density at radius 1 is 1.06 bits per heavy atom. The summed E-state index contributed by atoms with van der Waals surface area (Å²) in [6, 6.07) is 8.56. The van der Waals surface area contributed by atoms with E-state index >= 15 is 0 Å². The molecule has 96 valence electrons. The zero-order valence-corrected chi connectivity index (χ0v) is 10.8. The zero-order chi connectivity index (χ0) is 12.4. The zero-order valence-electron chi connectivity index (χ0n) is 10.8. The second-order valence-corrected chi connectivity index (χ2v) is 5.49. The molecule has 0 atom stereocenters. The van der Waals surface area contributed by atoms with E-state index in [1.165, 1.54) is 35.3 Å². The number of carbonyl (C=O) groups excluding carboxylic acids is 1. The van der Waals surface area contributed by atoms with Crippen molar-refractivity contribution < 1.29 is 9.69 Å². The van der Waals surface area contributed by atoms with Crippen LogP contribution in [0.3, 0.4) is 0 Å². The Hall–Kier alpha value is -1.35. The van der Waals surface area contributed by atoms with Gasteiger partial charge in [0.25, 0.3) is 5.91 Å². The largest absolute Gasteiger partial charge is 0.338 e. The summed E-state index contributed by atoms with van der Waals surface area (Å²) >= 11 is 0. The van der Waals surface area contributed by atoms with E-state index in [4.69, 9.17) is 0 Å². The Kier molecular flexibility index (Phi) is 3.33. The van der Waals surface area contributed by atoms with E-state index in [0.717, 1.165) is 26.2 Å². The van der Waals surface area contributed by atoms with Crippen molar-refractivity contribution >= 4 is 5.91 Å². The van der Waals surface area contributed by atoms with Gasteiger partial charge in [-0.05, 0) is 19.3 Å². The maximum atomic E-state index is 12.2. The van der Waals surface area contributed by atoms with Gasteiger partial charge in [0.05, 0.1) is 0 Å². The van der Waals surface area contributed by atoms with Crippen molar-refractivity contribution in [1.82, 2.24) is 4.90 Å². The maximum Gasteiger partial charge on any atom is 0.277 e. The number of piperidine rings is 1. The van der Waals surface area contributed by atoms with Crippen molar-refractivity contribution in [2.75, 3.05) is 19.6 Å². The number of benzene rings is 1. The molecular weight excluding hydrogens is 224 g/mol. The predicted octanol–water partition coefficient (Wildman–Crippen LogP) is 0.598. The van der Waals surface area contributed by atoms with Crippen LogP contribution in [0.4, 0.5) is 0 Å². The minimum Gasteiger partial charge on any atom is -0.338 e. The van der Waals surface area contributed by atoms with E-state index in [1.807, 2.05) is 0 Å². The average molecular weight is 245 g/mol. The molecule has 1 saturated heterocycles. The van der Waals surface area contributed by atoms with Crippen molar-refractivity contribution in [1.29, 1.82) is 0 Å². The van der Waals surface area contributed by atoms with Crippen molar-refractivity contribution in [2.45, 2.75) is 32.4 Å². The molecule has 0 unspecified atom stereocenters. The lowest BCUT2D eigenvalue weighted by molar-refractivity contribution is -0.913. The lowest BCUT2D eigenvalue weighted by atomic mass is 10.1. The molecule has 0 saturated carbocycles. The monoisotopic (exact) mass is 245 g/mol. The number of nitrogens with zero attached hydrogens (tertiary/aromatic N) is 1. The van der Waals surface area contributed by atoms with Crippen LogP contribution in [0.25, 0.3) is 0 Å². The second-order valence-electron chi connectivity index (χ2n) is 5.49. The van der Waals surface area contributed by atoms with Gasteiger partial charge in [-0.1, -0.05) is 24.3 Å². The van der Waals surface area contributed by atoms with E-state index < -0.39 is 0 Å². The summed E-state index contributed by atoms with van der Waals surface area (Å²) in [6.45, 7) is 4.62. The highest BCUT2D eigenvalue weighted by Crippen LogP contribution is 2.11. The second kappa shape index (κ2) is 5.11. The first-order valence-electron chi connectivity index (χ1n) is 7.01. The Balaban J connectivity index is 1.57. The van der Waals surface area contributed by atoms with Crippen LogP contribution < -0.4 is 4.90 Å². The molecule has 1 aromatic carbocycles. The standard InChI is InChI=1S/C15H20N2O/c18-15(17-8-4-1-5-9-17)12-16-10-13-6-2-3-7-14(13)11-16/h2-3,6-7H,1,4-5,8-12H2/p+1. The summed E-state index contributed by atoms with van der Waals surface area (Å²) in [7, 11) is 0. The minimum atomic E-state index is 0.345. The van der Waals surface area contributed by atoms with E-state index in [0.29, 0.717) is 12.5 Å². The smallest absolute Gasteiger partial charge is 0.277 e. The summed E-state index contributed by atoms with van der Waals surface area (Å²) in [5.74, 6) is 0.345. The van der Waals surface area contributed by atoms with Crippen molar-refractivity contribution in [3.63, 3.8) is 0 Å². The Labute approximate surface area is 108 Å². The third kappa shape index (κ3) is 2.41. The number of fused-ring (bicyclic) bond motifs is 1. The molecule has 0 spiro atoms. The lowest BCUT2D eigenvalue weighted by Gasteiger charge is -2.27. The summed E-state index contributed by atoms with van der Waals surface area (Å²) in [4.78, 5) is 15.7. The number of amides is 1. The van der Waals surface area contributed by atoms with Gasteiger partial charge in [0.2, 0.25) is 0 Å². The molecule has 0 aromatic heterocycles. The van der Waals surface area contributed by atoms with Gasteiger partial charge in [0.1, 0.15) is 13.1 Å². The summed E-state index contributed by atoms with van der Waals surface area (Å²) in [5, 5.41) is 0. The highest BCUT2D eigenvalue weighted by Gasteiger charge is 2.26. The number of likely N-dealkylation sites (tertiary alicyclic amines) is 1. The molecule has 2 heterocycles. The fraction of sp³-hybridized carbons (Fsp3) is 0.533. The molecule has 3 heteroatoms. The van der Waals surface area contributed by atoms with Crippen LogP contribution >= 0.6 is 0 Å². The molecule has 1 amide bonds. The molecule has 3 nitrogen and oxygen atoms in total. The minimum absolute atomic E-state index is 0.345. The third-order valence-electron chi connectivity index (χ3n) is 4.11. The predicted molar refractivity (Wildman–Crippen MR) is 70.1 cm³/mol. The van der Waals surface area contributed by atoms with E-state index in [-0.39, 0.29) is 0 Å². The van der Waals surface area contributed by atoms with Gasteiger partial charge in [0.15, 0.2) is 6.54 Å². The van der Waals surface area contributed by atoms with Crippen LogP contribution in [0, 0.1) is 0 Å². The topological polar surface area (TPSA) is 24.8 Å². The highest BCUT2D eigenvalue weighted by atomic mass is 16.2. The van der Waals surface area contributed by atoms with Crippen LogP contribution in [-0.4, -0.2) is 30.4 Å². The molecule has 2 aliphatic heterocycles. The van der Waals surface area contributed by atoms with Gasteiger partial charge < -0.3 is 9.80 Å². The van der Waals surface area contributed by atoms with Gasteiger partial charge in [-0.25, -0.2) is 0 Å². The first kappa shape index (κ1) is 11.7. The molecule has 1 aromatic rings. The number of nitrogens with one attached hydrogen (secondary N) is 1. The van der Waals surface area contributed by atoms with E-state index in [1.54, 1.807) is 0 Å². The van der Waals surface area contributed by atoms with Crippen molar-refractivity contribution in [3.05, 3.63) is 35.4 Å². The molecule has 0 radical (unpaired) electrons. The third-order valence-corrected chi connectivity index (χ3v) is 4.11. The summed E-state index contributed by atoms with van der Waals surface area (Å²) < 4.78 is 0. The molecule has 0 bridgehead atoms. The molecular formula is C15H21N2O+. The average Bonchev–Trinajstić information content (AvgIpc) is 2.82. The molecule has 2 aliphatic rings. The summed E-state index contributed by atoms with van der Waals surface area (Å²) in [6.07, 6.45) is 3.65. The van der Waals surface area contributed by atoms with Crippen LogP contribution in [0.1, 0.15) is 30.4 Å². The number of rotatable bonds is 2. The number of hydrogen-bond acceptors (Lipinski definition) is 1. The van der Waals surface area contributed by atoms with Gasteiger partial charge in [0, 0.05) is 24.2 Å². The van der Waals surface area contributed by atoms with E-state index in [9.17, 15) is 4.79 Å².